The van der Waals surface area contributed by atoms with Crippen molar-refractivity contribution in [3.8, 4) is 5.69 Å². The first-order valence-corrected chi connectivity index (χ1v) is 8.90. The zero-order valence-electron chi connectivity index (χ0n) is 15.5. The quantitative estimate of drug-likeness (QED) is 0.182. The van der Waals surface area contributed by atoms with Crippen molar-refractivity contribution in [1.82, 2.24) is 9.78 Å². The highest BCUT2D eigenvalue weighted by Crippen LogP contribution is 2.27. The lowest BCUT2D eigenvalue weighted by Gasteiger charge is -2.08. The van der Waals surface area contributed by atoms with E-state index in [9.17, 15) is 39.2 Å². The number of benzene rings is 2. The summed E-state index contributed by atoms with van der Waals surface area (Å²) in [4.78, 5) is 0. The molecule has 31 heavy (non-hydrogen) atoms. The molecule has 1 atom stereocenters. The molecule has 0 saturated carbocycles. The Morgan fingerprint density at radius 2 is 1.39 bits per heavy atom. The van der Waals surface area contributed by atoms with E-state index < -0.39 is 42.0 Å². The molecule has 0 aliphatic carbocycles. The van der Waals surface area contributed by atoms with Crippen molar-refractivity contribution in [2.75, 3.05) is 0 Å². The van der Waals surface area contributed by atoms with Gasteiger partial charge in [-0.1, -0.05) is 35.0 Å². The Balaban J connectivity index is 0.000000491. The molecule has 0 amide bonds. The van der Waals surface area contributed by atoms with Crippen LogP contribution < -0.4 is 4.57 Å². The molecule has 0 radical (unpaired) electrons. The van der Waals surface area contributed by atoms with Gasteiger partial charge in [-0.25, -0.2) is 17.7 Å². The van der Waals surface area contributed by atoms with Crippen LogP contribution in [0.3, 0.4) is 0 Å². The van der Waals surface area contributed by atoms with Gasteiger partial charge in [0.05, 0.1) is 6.04 Å². The normalized spacial score (nSPS) is 15.5. The number of rotatable bonds is 3. The Morgan fingerprint density at radius 3 is 1.94 bits per heavy atom. The Bertz CT molecular complexity index is 1050. The van der Waals surface area contributed by atoms with Gasteiger partial charge in [0.15, 0.2) is 0 Å². The average molecular weight is 453 g/mol. The topological polar surface area (TPSA) is 21.7 Å². The van der Waals surface area contributed by atoms with Gasteiger partial charge in [0.1, 0.15) is 0 Å². The van der Waals surface area contributed by atoms with Gasteiger partial charge in [0.2, 0.25) is 41.1 Å². The predicted molar refractivity (Wildman–Crippen MR) is 91.2 cm³/mol. The molecule has 166 valence electrons. The predicted octanol–water partition coefficient (Wildman–Crippen LogP) is 4.89. The first kappa shape index (κ1) is 22.7. The minimum Gasteiger partial charge on any atom is -0.418 e. The van der Waals surface area contributed by atoms with Gasteiger partial charge in [0.25, 0.3) is 5.82 Å². The van der Waals surface area contributed by atoms with Crippen molar-refractivity contribution >= 4 is 7.25 Å². The van der Waals surface area contributed by atoms with E-state index in [0.29, 0.717) is 18.7 Å². The molecule has 0 saturated heterocycles. The second kappa shape index (κ2) is 8.63. The number of nitrogens with zero attached hydrogens (tertiary/aromatic N) is 3. The monoisotopic (exact) mass is 453 g/mol. The van der Waals surface area contributed by atoms with Crippen molar-refractivity contribution in [3.05, 3.63) is 77.1 Å². The molecule has 1 aliphatic rings. The minimum absolute atomic E-state index is 0.00224. The molecule has 3 nitrogen and oxygen atoms in total. The molecule has 0 N–H and O–H groups in total. The zero-order valence-corrected chi connectivity index (χ0v) is 15.5. The Morgan fingerprint density at radius 1 is 0.871 bits per heavy atom. The van der Waals surface area contributed by atoms with E-state index in [1.165, 1.54) is 6.33 Å². The van der Waals surface area contributed by atoms with Gasteiger partial charge >= 0.3 is 7.25 Å². The van der Waals surface area contributed by atoms with E-state index in [2.05, 4.69) is 5.10 Å². The summed E-state index contributed by atoms with van der Waals surface area (Å²) < 4.78 is 110. The lowest BCUT2D eigenvalue weighted by Crippen LogP contribution is -2.37. The summed E-state index contributed by atoms with van der Waals surface area (Å²) in [5.41, 5.74) is 0.0172. The molecule has 13 heteroatoms. The molecular weight excluding hydrogens is 440 g/mol. The summed E-state index contributed by atoms with van der Waals surface area (Å²) in [6.07, 6.45) is 3.31. The van der Waals surface area contributed by atoms with Crippen LogP contribution in [-0.4, -0.2) is 17.0 Å². The molecule has 1 aromatic heterocycles. The average Bonchev–Trinajstić information content (AvgIpc) is 3.26. The molecule has 2 aromatic carbocycles. The van der Waals surface area contributed by atoms with Crippen LogP contribution in [0, 0.1) is 29.1 Å². The Hall–Kier alpha value is -2.99. The van der Waals surface area contributed by atoms with E-state index in [-0.39, 0.29) is 6.04 Å². The molecular formula is C18H13BF9N3. The SMILES string of the molecule is F[B-](F)(F)F.Fc1c(F)c(F)c(-n2c[n+]3c(n2)CC[C@H]3Cc2ccccc2)c(F)c1F. The highest BCUT2D eigenvalue weighted by Gasteiger charge is 2.36. The van der Waals surface area contributed by atoms with E-state index in [1.807, 2.05) is 30.3 Å². The molecule has 0 bridgehead atoms. The summed E-state index contributed by atoms with van der Waals surface area (Å²) >= 11 is 0. The number of aromatic nitrogens is 3. The number of hydrogen-bond donors (Lipinski definition) is 0. The van der Waals surface area contributed by atoms with E-state index in [1.54, 1.807) is 4.57 Å². The second-order valence-corrected chi connectivity index (χ2v) is 6.68. The number of hydrogen-bond acceptors (Lipinski definition) is 1. The first-order valence-electron chi connectivity index (χ1n) is 8.90. The first-order chi connectivity index (χ1) is 14.5. The summed E-state index contributed by atoms with van der Waals surface area (Å²) in [7, 11) is -6.00. The van der Waals surface area contributed by atoms with E-state index >= 15 is 0 Å². The third kappa shape index (κ3) is 5.02. The van der Waals surface area contributed by atoms with Gasteiger partial charge in [-0.3, -0.25) is 0 Å². The van der Waals surface area contributed by atoms with Gasteiger partial charge in [-0.15, -0.1) is 0 Å². The van der Waals surface area contributed by atoms with Crippen LogP contribution in [0.2, 0.25) is 0 Å². The van der Waals surface area contributed by atoms with Crippen LogP contribution >= 0.6 is 0 Å². The van der Waals surface area contributed by atoms with Crippen molar-refractivity contribution in [3.63, 3.8) is 0 Å². The van der Waals surface area contributed by atoms with Crippen LogP contribution in [0.1, 0.15) is 23.9 Å². The third-order valence-electron chi connectivity index (χ3n) is 4.58. The molecule has 0 unspecified atom stereocenters. The highest BCUT2D eigenvalue weighted by molar-refractivity contribution is 6.50. The van der Waals surface area contributed by atoms with Crippen molar-refractivity contribution in [2.45, 2.75) is 25.3 Å². The van der Waals surface area contributed by atoms with Crippen molar-refractivity contribution in [1.29, 1.82) is 0 Å². The molecule has 0 fully saturated rings. The largest absolute Gasteiger partial charge is 0.673 e. The second-order valence-electron chi connectivity index (χ2n) is 6.68. The molecule has 0 spiro atoms. The highest BCUT2D eigenvalue weighted by atomic mass is 19.5. The Kier molecular flexibility index (Phi) is 6.32. The van der Waals surface area contributed by atoms with Gasteiger partial charge in [-0.2, -0.15) is 8.78 Å². The summed E-state index contributed by atoms with van der Waals surface area (Å²) in [5, 5.41) is 4.03. The zero-order chi connectivity index (χ0) is 22.9. The number of halogens is 9. The molecule has 4 rings (SSSR count). The van der Waals surface area contributed by atoms with Crippen LogP contribution in [0.25, 0.3) is 5.69 Å². The van der Waals surface area contributed by atoms with Gasteiger partial charge in [0, 0.05) is 17.9 Å². The summed E-state index contributed by atoms with van der Waals surface area (Å²) in [5.74, 6) is -9.42. The Labute approximate surface area is 169 Å². The van der Waals surface area contributed by atoms with Crippen molar-refractivity contribution in [2.24, 2.45) is 0 Å². The minimum atomic E-state index is -6.00. The number of fused-ring (bicyclic) bond motifs is 1. The van der Waals surface area contributed by atoms with Crippen LogP contribution in [0.15, 0.2) is 36.7 Å². The van der Waals surface area contributed by atoms with Crippen LogP contribution in [0.4, 0.5) is 39.2 Å². The molecule has 3 aromatic rings. The number of aryl methyl sites for hydroxylation is 1. The van der Waals surface area contributed by atoms with Crippen LogP contribution in [0.5, 0.6) is 0 Å². The fourth-order valence-electron chi connectivity index (χ4n) is 3.29. The van der Waals surface area contributed by atoms with E-state index in [0.717, 1.165) is 16.7 Å². The summed E-state index contributed by atoms with van der Waals surface area (Å²) in [6.45, 7) is 0. The molecule has 1 aliphatic heterocycles. The van der Waals surface area contributed by atoms with Crippen molar-refractivity contribution < 1.29 is 43.8 Å². The van der Waals surface area contributed by atoms with Crippen LogP contribution in [-0.2, 0) is 12.8 Å². The maximum atomic E-state index is 14.0. The van der Waals surface area contributed by atoms with Gasteiger partial charge in [-0.05, 0) is 12.0 Å². The van der Waals surface area contributed by atoms with Gasteiger partial charge < -0.3 is 17.3 Å². The lowest BCUT2D eigenvalue weighted by atomic mass is 10.0. The fraction of sp³-hybridized carbons (Fsp3) is 0.222. The summed E-state index contributed by atoms with van der Waals surface area (Å²) in [6, 6.07) is 9.66. The standard InChI is InChI=1S/C18H13F5N3.BF4/c19-13-14(20)16(22)18(17(23)15(13)21)26-9-25-11(6-7-12(25)24-26)8-10-4-2-1-3-5-10;2-1(3,4)5/h1-5,9,11H,6-8H2;/q+1;-1/t11-;/m0./s1. The molecule has 2 heterocycles. The third-order valence-corrected chi connectivity index (χ3v) is 4.58. The maximum Gasteiger partial charge on any atom is 0.673 e. The fourth-order valence-corrected chi connectivity index (χ4v) is 3.29. The maximum absolute atomic E-state index is 14.0. The van der Waals surface area contributed by atoms with E-state index in [4.69, 9.17) is 0 Å². The smallest absolute Gasteiger partial charge is 0.418 e. The lowest BCUT2D eigenvalue weighted by molar-refractivity contribution is -0.716.